The molecule has 0 aliphatic heterocycles. The van der Waals surface area contributed by atoms with E-state index >= 15 is 0 Å². The van der Waals surface area contributed by atoms with Crippen LogP contribution in [0.1, 0.15) is 10.7 Å². The van der Waals surface area contributed by atoms with Crippen LogP contribution in [0.3, 0.4) is 0 Å². The monoisotopic (exact) mass is 385 g/mol. The fourth-order valence-corrected chi connectivity index (χ4v) is 3.47. The van der Waals surface area contributed by atoms with Crippen molar-refractivity contribution in [3.05, 3.63) is 77.1 Å². The zero-order chi connectivity index (χ0) is 19.5. The number of benzene rings is 2. The first-order valence-corrected chi connectivity index (χ1v) is 9.35. The third-order valence-electron chi connectivity index (χ3n) is 4.20. The maximum atomic E-state index is 12.4. The first-order valence-electron chi connectivity index (χ1n) is 8.54. The van der Waals surface area contributed by atoms with E-state index in [9.17, 15) is 10.1 Å². The van der Waals surface area contributed by atoms with E-state index in [1.807, 2.05) is 53.2 Å². The van der Waals surface area contributed by atoms with E-state index in [0.29, 0.717) is 5.13 Å². The van der Waals surface area contributed by atoms with Gasteiger partial charge in [0.1, 0.15) is 16.6 Å². The number of carbonyl (C=O) groups excluding carboxylic acids is 1. The van der Waals surface area contributed by atoms with Gasteiger partial charge in [-0.1, -0.05) is 41.7 Å². The lowest BCUT2D eigenvalue weighted by Gasteiger charge is -2.09. The average Bonchev–Trinajstić information content (AvgIpc) is 3.34. The van der Waals surface area contributed by atoms with Gasteiger partial charge < -0.3 is 4.57 Å². The molecule has 0 saturated carbocycles. The van der Waals surface area contributed by atoms with E-state index in [0.717, 1.165) is 27.2 Å². The summed E-state index contributed by atoms with van der Waals surface area (Å²) in [6.07, 6.45) is 3.47. The lowest BCUT2D eigenvalue weighted by Crippen LogP contribution is -2.13. The minimum atomic E-state index is -0.509. The Kier molecular flexibility index (Phi) is 4.70. The van der Waals surface area contributed by atoms with Crippen molar-refractivity contribution in [1.82, 2.24) is 14.8 Å². The van der Waals surface area contributed by atoms with Crippen LogP contribution in [0.5, 0.6) is 0 Å². The topological polar surface area (TPSA) is 83.6 Å². The Bertz CT molecular complexity index is 1240. The molecular weight excluding hydrogens is 370 g/mol. The third kappa shape index (κ3) is 3.54. The number of amides is 1. The van der Waals surface area contributed by atoms with Gasteiger partial charge in [-0.25, -0.2) is 0 Å². The van der Waals surface area contributed by atoms with Crippen LogP contribution in [0.4, 0.5) is 5.13 Å². The number of fused-ring (bicyclic) bond motifs is 1. The van der Waals surface area contributed by atoms with Crippen LogP contribution in [0.15, 0.2) is 66.4 Å². The largest absolute Gasteiger partial charge is 0.317 e. The molecule has 1 N–H and O–H groups in total. The van der Waals surface area contributed by atoms with Crippen molar-refractivity contribution in [2.45, 2.75) is 6.92 Å². The van der Waals surface area contributed by atoms with Crippen LogP contribution < -0.4 is 5.32 Å². The van der Waals surface area contributed by atoms with Crippen LogP contribution in [0.25, 0.3) is 22.5 Å². The molecule has 0 atom stereocenters. The van der Waals surface area contributed by atoms with Gasteiger partial charge in [0.25, 0.3) is 5.91 Å². The van der Waals surface area contributed by atoms with Gasteiger partial charge in [-0.05, 0) is 48.0 Å². The molecule has 136 valence electrons. The van der Waals surface area contributed by atoms with Crippen molar-refractivity contribution in [3.8, 4) is 11.8 Å². The number of aromatic nitrogens is 3. The number of nitrogens with one attached hydrogen (secondary N) is 1. The molecule has 4 aromatic rings. The van der Waals surface area contributed by atoms with Crippen molar-refractivity contribution in [2.24, 2.45) is 0 Å². The van der Waals surface area contributed by atoms with E-state index in [1.165, 1.54) is 11.3 Å². The minimum Gasteiger partial charge on any atom is -0.317 e. The second-order valence-electron chi connectivity index (χ2n) is 6.08. The molecule has 0 aliphatic rings. The van der Waals surface area contributed by atoms with Crippen LogP contribution in [0.2, 0.25) is 0 Å². The average molecular weight is 385 g/mol. The van der Waals surface area contributed by atoms with E-state index in [4.69, 9.17) is 0 Å². The second-order valence-corrected chi connectivity index (χ2v) is 7.27. The Morgan fingerprint density at radius 2 is 1.96 bits per heavy atom. The molecule has 1 amide bonds. The van der Waals surface area contributed by atoms with Crippen LogP contribution >= 0.6 is 11.3 Å². The van der Waals surface area contributed by atoms with Crippen molar-refractivity contribution in [2.75, 3.05) is 5.32 Å². The molecule has 2 aromatic heterocycles. The Morgan fingerprint density at radius 3 is 2.71 bits per heavy atom. The zero-order valence-electron chi connectivity index (χ0n) is 15.0. The summed E-state index contributed by atoms with van der Waals surface area (Å²) in [6.45, 7) is 1.80. The Hall–Kier alpha value is -3.76. The lowest BCUT2D eigenvalue weighted by atomic mass is 10.1. The zero-order valence-corrected chi connectivity index (χ0v) is 15.8. The number of anilines is 1. The maximum Gasteiger partial charge on any atom is 0.268 e. The summed E-state index contributed by atoms with van der Waals surface area (Å²) < 4.78 is 1.94. The predicted octanol–water partition coefficient (Wildman–Crippen LogP) is 4.34. The molecule has 2 aromatic carbocycles. The van der Waals surface area contributed by atoms with E-state index in [2.05, 4.69) is 33.7 Å². The Labute approximate surface area is 165 Å². The maximum absolute atomic E-state index is 12.4. The lowest BCUT2D eigenvalue weighted by molar-refractivity contribution is -0.112. The minimum absolute atomic E-state index is 0.00593. The highest BCUT2D eigenvalue weighted by Crippen LogP contribution is 2.22. The standard InChI is InChI=1S/C21H15N5OS/c1-14-24-25-21(28-14)23-20(27)17(13-22)12-18-7-4-10-26(18)19-9-8-15-5-2-3-6-16(15)11-19/h2-12H,1H3,(H,23,25,27)/b17-12-. The molecule has 0 bridgehead atoms. The molecule has 6 nitrogen and oxygen atoms in total. The summed E-state index contributed by atoms with van der Waals surface area (Å²) in [5, 5.41) is 23.2. The van der Waals surface area contributed by atoms with Gasteiger partial charge in [-0.3, -0.25) is 10.1 Å². The quantitative estimate of drug-likeness (QED) is 0.418. The van der Waals surface area contributed by atoms with Crippen LogP contribution in [-0.2, 0) is 4.79 Å². The highest BCUT2D eigenvalue weighted by atomic mass is 32.1. The number of carbonyl (C=O) groups is 1. The van der Waals surface area contributed by atoms with Crippen molar-refractivity contribution >= 4 is 39.2 Å². The van der Waals surface area contributed by atoms with Crippen LogP contribution in [-0.4, -0.2) is 20.7 Å². The summed E-state index contributed by atoms with van der Waals surface area (Å²) in [7, 11) is 0. The predicted molar refractivity (Wildman–Crippen MR) is 110 cm³/mol. The van der Waals surface area contributed by atoms with Crippen LogP contribution in [0, 0.1) is 18.3 Å². The second kappa shape index (κ2) is 7.47. The number of hydrogen-bond donors (Lipinski definition) is 1. The summed E-state index contributed by atoms with van der Waals surface area (Å²) in [5.74, 6) is -0.509. The van der Waals surface area contributed by atoms with Gasteiger partial charge in [0.05, 0.1) is 0 Å². The van der Waals surface area contributed by atoms with Gasteiger partial charge in [0.15, 0.2) is 0 Å². The van der Waals surface area contributed by atoms with E-state index < -0.39 is 5.91 Å². The number of rotatable bonds is 4. The molecular formula is C21H15N5OS. The van der Waals surface area contributed by atoms with E-state index in [-0.39, 0.29) is 5.57 Å². The normalized spacial score (nSPS) is 11.4. The number of hydrogen-bond acceptors (Lipinski definition) is 5. The van der Waals surface area contributed by atoms with Crippen molar-refractivity contribution < 1.29 is 4.79 Å². The molecule has 2 heterocycles. The molecule has 0 unspecified atom stereocenters. The summed E-state index contributed by atoms with van der Waals surface area (Å²) in [4.78, 5) is 12.4. The van der Waals surface area contributed by atoms with Crippen molar-refractivity contribution in [3.63, 3.8) is 0 Å². The third-order valence-corrected chi connectivity index (χ3v) is 4.95. The smallest absolute Gasteiger partial charge is 0.268 e. The highest BCUT2D eigenvalue weighted by molar-refractivity contribution is 7.15. The van der Waals surface area contributed by atoms with Gasteiger partial charge in [-0.15, -0.1) is 10.2 Å². The number of nitrogens with zero attached hydrogens (tertiary/aromatic N) is 4. The molecule has 0 aliphatic carbocycles. The first kappa shape index (κ1) is 17.6. The van der Waals surface area contributed by atoms with Gasteiger partial charge >= 0.3 is 0 Å². The summed E-state index contributed by atoms with van der Waals surface area (Å²) in [5.41, 5.74) is 1.68. The molecule has 7 heteroatoms. The van der Waals surface area contributed by atoms with E-state index in [1.54, 1.807) is 13.0 Å². The number of aryl methyl sites for hydroxylation is 1. The molecule has 4 rings (SSSR count). The van der Waals surface area contributed by atoms with Gasteiger partial charge in [0, 0.05) is 17.6 Å². The van der Waals surface area contributed by atoms with Crippen molar-refractivity contribution in [1.29, 1.82) is 5.26 Å². The Morgan fingerprint density at radius 1 is 1.14 bits per heavy atom. The van der Waals surface area contributed by atoms with Gasteiger partial charge in [0.2, 0.25) is 5.13 Å². The molecule has 0 saturated heterocycles. The molecule has 28 heavy (non-hydrogen) atoms. The fraction of sp³-hybridized carbons (Fsp3) is 0.0476. The van der Waals surface area contributed by atoms with Gasteiger partial charge in [-0.2, -0.15) is 5.26 Å². The summed E-state index contributed by atoms with van der Waals surface area (Å²) >= 11 is 1.26. The Balaban J connectivity index is 1.66. The summed E-state index contributed by atoms with van der Waals surface area (Å²) in [6, 6.07) is 19.9. The first-order chi connectivity index (χ1) is 13.6. The fourth-order valence-electron chi connectivity index (χ4n) is 2.88. The molecule has 0 spiro atoms. The number of nitriles is 1. The molecule has 0 radical (unpaired) electrons. The highest BCUT2D eigenvalue weighted by Gasteiger charge is 2.13. The SMILES string of the molecule is Cc1nnc(NC(=O)/C(C#N)=C\c2cccn2-c2ccc3ccccc3c2)s1. The molecule has 0 fully saturated rings.